The van der Waals surface area contributed by atoms with Crippen LogP contribution in [-0.4, -0.2) is 11.2 Å². The Balaban J connectivity index is 0.00000218. The Kier molecular flexibility index (Phi) is 5.78. The zero-order chi connectivity index (χ0) is 19.8. The fraction of sp³-hybridized carbons (Fsp3) is 0.192. The van der Waals surface area contributed by atoms with Crippen molar-refractivity contribution >= 4 is 0 Å². The second kappa shape index (κ2) is 8.49. The maximum absolute atomic E-state index is 5.64. The predicted octanol–water partition coefficient (Wildman–Crippen LogP) is 2.23. The van der Waals surface area contributed by atoms with Gasteiger partial charge >= 0.3 is 0 Å². The van der Waals surface area contributed by atoms with Gasteiger partial charge in [0, 0.05) is 5.56 Å². The van der Waals surface area contributed by atoms with E-state index < -0.39 is 0 Å². The predicted molar refractivity (Wildman–Crippen MR) is 116 cm³/mol. The van der Waals surface area contributed by atoms with Crippen LogP contribution < -0.4 is 26.3 Å². The van der Waals surface area contributed by atoms with Gasteiger partial charge < -0.3 is 21.7 Å². The number of para-hydroxylation sites is 1. The SMILES string of the molecule is CCOc1ccc(-c2c[n+]3c(n2-c2ccc(C)cc2)CCc2ccccc2-3)cc1.[Br-]. The minimum atomic E-state index is 0. The zero-order valence-electron chi connectivity index (χ0n) is 17.3. The minimum Gasteiger partial charge on any atom is -1.00 e. The Morgan fingerprint density at radius 1 is 0.900 bits per heavy atom. The lowest BCUT2D eigenvalue weighted by Crippen LogP contribution is -3.00. The molecule has 4 heteroatoms. The molecule has 0 bridgehead atoms. The summed E-state index contributed by atoms with van der Waals surface area (Å²) in [4.78, 5) is 0. The van der Waals surface area contributed by atoms with Crippen LogP contribution >= 0.6 is 0 Å². The molecule has 0 N–H and O–H groups in total. The van der Waals surface area contributed by atoms with E-state index in [0.717, 1.165) is 18.6 Å². The summed E-state index contributed by atoms with van der Waals surface area (Å²) in [6.45, 7) is 4.83. The number of hydrogen-bond acceptors (Lipinski definition) is 1. The lowest BCUT2D eigenvalue weighted by Gasteiger charge is -2.14. The Hall–Kier alpha value is -2.85. The topological polar surface area (TPSA) is 18.0 Å². The molecule has 1 aliphatic rings. The molecule has 0 saturated carbocycles. The van der Waals surface area contributed by atoms with Gasteiger partial charge in [-0.15, -0.1) is 0 Å². The monoisotopic (exact) mass is 460 g/mol. The third-order valence-electron chi connectivity index (χ3n) is 5.65. The molecule has 3 nitrogen and oxygen atoms in total. The molecule has 5 rings (SSSR count). The Bertz CT molecular complexity index is 1160. The summed E-state index contributed by atoms with van der Waals surface area (Å²) in [5.41, 5.74) is 7.55. The quantitative estimate of drug-likeness (QED) is 0.427. The van der Waals surface area contributed by atoms with Gasteiger partial charge in [-0.2, -0.15) is 9.13 Å². The van der Waals surface area contributed by atoms with Crippen molar-refractivity contribution in [1.29, 1.82) is 0 Å². The van der Waals surface area contributed by atoms with E-state index in [4.69, 9.17) is 4.74 Å². The smallest absolute Gasteiger partial charge is 0.267 e. The number of benzene rings is 3. The van der Waals surface area contributed by atoms with Crippen LogP contribution in [0.25, 0.3) is 22.6 Å². The highest BCUT2D eigenvalue weighted by molar-refractivity contribution is 5.63. The van der Waals surface area contributed by atoms with Crippen molar-refractivity contribution in [2.45, 2.75) is 26.7 Å². The average molecular weight is 461 g/mol. The molecule has 1 aromatic heterocycles. The van der Waals surface area contributed by atoms with Crippen molar-refractivity contribution in [3.05, 3.63) is 95.9 Å². The van der Waals surface area contributed by atoms with Crippen molar-refractivity contribution in [2.75, 3.05) is 6.61 Å². The number of fused-ring (bicyclic) bond motifs is 3. The van der Waals surface area contributed by atoms with E-state index >= 15 is 0 Å². The summed E-state index contributed by atoms with van der Waals surface area (Å²) in [5.74, 6) is 2.23. The van der Waals surface area contributed by atoms with E-state index in [1.807, 2.05) is 6.92 Å². The fourth-order valence-electron chi connectivity index (χ4n) is 4.22. The summed E-state index contributed by atoms with van der Waals surface area (Å²) < 4.78 is 10.4. The van der Waals surface area contributed by atoms with E-state index in [1.165, 1.54) is 39.6 Å². The third kappa shape index (κ3) is 3.56. The molecule has 30 heavy (non-hydrogen) atoms. The molecule has 1 aliphatic heterocycles. The Morgan fingerprint density at radius 2 is 1.63 bits per heavy atom. The van der Waals surface area contributed by atoms with Gasteiger partial charge in [-0.1, -0.05) is 35.9 Å². The molecular weight excluding hydrogens is 436 g/mol. The van der Waals surface area contributed by atoms with Crippen LogP contribution in [-0.2, 0) is 12.8 Å². The first kappa shape index (κ1) is 20.4. The summed E-state index contributed by atoms with van der Waals surface area (Å²) in [7, 11) is 0. The molecular formula is C26H25BrN2O. The van der Waals surface area contributed by atoms with Gasteiger partial charge in [-0.25, -0.2) is 0 Å². The molecule has 0 unspecified atom stereocenters. The van der Waals surface area contributed by atoms with Crippen molar-refractivity contribution in [3.8, 4) is 28.4 Å². The van der Waals surface area contributed by atoms with Crippen molar-refractivity contribution in [3.63, 3.8) is 0 Å². The van der Waals surface area contributed by atoms with Crippen molar-refractivity contribution < 1.29 is 26.3 Å². The Morgan fingerprint density at radius 3 is 2.37 bits per heavy atom. The van der Waals surface area contributed by atoms with Gasteiger partial charge in [0.2, 0.25) is 0 Å². The molecule has 2 heterocycles. The van der Waals surface area contributed by atoms with Crippen molar-refractivity contribution in [1.82, 2.24) is 4.57 Å². The molecule has 0 atom stereocenters. The number of ether oxygens (including phenoxy) is 1. The summed E-state index contributed by atoms with van der Waals surface area (Å²) in [5, 5.41) is 0. The normalized spacial score (nSPS) is 11.9. The minimum absolute atomic E-state index is 0. The zero-order valence-corrected chi connectivity index (χ0v) is 18.9. The molecule has 4 aromatic rings. The number of halogens is 1. The highest BCUT2D eigenvalue weighted by atomic mass is 79.9. The maximum Gasteiger partial charge on any atom is 0.267 e. The van der Waals surface area contributed by atoms with Gasteiger partial charge in [-0.05, 0) is 68.3 Å². The average Bonchev–Trinajstić information content (AvgIpc) is 3.15. The molecule has 0 spiro atoms. The number of hydrogen-bond donors (Lipinski definition) is 0. The van der Waals surface area contributed by atoms with Gasteiger partial charge in [-0.3, -0.25) is 0 Å². The van der Waals surface area contributed by atoms with E-state index in [-0.39, 0.29) is 17.0 Å². The largest absolute Gasteiger partial charge is 1.00 e. The summed E-state index contributed by atoms with van der Waals surface area (Å²) in [6.07, 6.45) is 4.36. The van der Waals surface area contributed by atoms with Crippen molar-refractivity contribution in [2.24, 2.45) is 0 Å². The summed E-state index contributed by atoms with van der Waals surface area (Å²) in [6, 6.07) is 26.0. The third-order valence-corrected chi connectivity index (χ3v) is 5.65. The van der Waals surface area contributed by atoms with Gasteiger partial charge in [0.15, 0.2) is 5.69 Å². The lowest BCUT2D eigenvalue weighted by molar-refractivity contribution is -0.606. The van der Waals surface area contributed by atoms with Crippen LogP contribution in [0.3, 0.4) is 0 Å². The van der Waals surface area contributed by atoms with Crippen LogP contribution in [0.4, 0.5) is 0 Å². The standard InChI is InChI=1S/C26H25N2O.BrH/c1-3-29-23-15-10-21(11-16-23)25-18-27-24-7-5-4-6-20(24)12-17-26(27)28(25)22-13-8-19(2)9-14-22;/h4-11,13-16,18H,3,12,17H2,1-2H3;1H/q+1;/p-1. The van der Waals surface area contributed by atoms with Crippen LogP contribution in [0.2, 0.25) is 0 Å². The first-order valence-corrected chi connectivity index (χ1v) is 10.3. The maximum atomic E-state index is 5.64. The van der Waals surface area contributed by atoms with E-state index in [0.29, 0.717) is 6.61 Å². The molecule has 0 radical (unpaired) electrons. The second-order valence-corrected chi connectivity index (χ2v) is 7.56. The lowest BCUT2D eigenvalue weighted by atomic mass is 10.0. The number of aryl methyl sites for hydroxylation is 2. The van der Waals surface area contributed by atoms with Gasteiger partial charge in [0.05, 0.1) is 13.0 Å². The Labute approximate surface area is 188 Å². The van der Waals surface area contributed by atoms with Crippen LogP contribution in [0.1, 0.15) is 23.9 Å². The van der Waals surface area contributed by atoms with Crippen LogP contribution in [0.15, 0.2) is 79.0 Å². The van der Waals surface area contributed by atoms with Gasteiger partial charge in [0.1, 0.15) is 23.3 Å². The molecule has 152 valence electrons. The number of aromatic nitrogens is 2. The highest BCUT2D eigenvalue weighted by Crippen LogP contribution is 2.30. The number of imidazole rings is 1. The van der Waals surface area contributed by atoms with Gasteiger partial charge in [0.25, 0.3) is 5.82 Å². The summed E-state index contributed by atoms with van der Waals surface area (Å²) >= 11 is 0. The van der Waals surface area contributed by atoms with Crippen LogP contribution in [0.5, 0.6) is 5.75 Å². The molecule has 0 amide bonds. The first-order valence-electron chi connectivity index (χ1n) is 10.3. The molecule has 0 fully saturated rings. The fourth-order valence-corrected chi connectivity index (χ4v) is 4.22. The molecule has 0 saturated heterocycles. The first-order chi connectivity index (χ1) is 14.2. The second-order valence-electron chi connectivity index (χ2n) is 7.56. The van der Waals surface area contributed by atoms with E-state index in [1.54, 1.807) is 0 Å². The highest BCUT2D eigenvalue weighted by Gasteiger charge is 2.31. The molecule has 3 aromatic carbocycles. The van der Waals surface area contributed by atoms with E-state index in [2.05, 4.69) is 95.1 Å². The number of rotatable bonds is 4. The van der Waals surface area contributed by atoms with Crippen LogP contribution in [0, 0.1) is 6.92 Å². The number of nitrogens with zero attached hydrogens (tertiary/aromatic N) is 2. The molecule has 0 aliphatic carbocycles. The van der Waals surface area contributed by atoms with E-state index in [9.17, 15) is 0 Å².